The van der Waals surface area contributed by atoms with Crippen LogP contribution in [0.25, 0.3) is 0 Å². The summed E-state index contributed by atoms with van der Waals surface area (Å²) >= 11 is 0. The predicted molar refractivity (Wildman–Crippen MR) is 63.3 cm³/mol. The topological polar surface area (TPSA) is 81.8 Å². The molecule has 1 aromatic carbocycles. The highest BCUT2D eigenvalue weighted by molar-refractivity contribution is 5.68. The van der Waals surface area contributed by atoms with Crippen molar-refractivity contribution >= 4 is 5.97 Å². The summed E-state index contributed by atoms with van der Waals surface area (Å²) in [5, 5.41) is 8.68. The lowest BCUT2D eigenvalue weighted by atomic mass is 10.0. The molecule has 5 heteroatoms. The van der Waals surface area contributed by atoms with Crippen LogP contribution in [0.1, 0.15) is 24.9 Å². The van der Waals surface area contributed by atoms with Crippen molar-refractivity contribution in [1.29, 1.82) is 0 Å². The van der Waals surface area contributed by atoms with Crippen LogP contribution in [-0.2, 0) is 4.79 Å². The normalized spacial score (nSPS) is 11.9. The molecule has 0 aliphatic rings. The lowest BCUT2D eigenvalue weighted by Gasteiger charge is -2.14. The van der Waals surface area contributed by atoms with E-state index in [1.54, 1.807) is 25.3 Å². The Labute approximate surface area is 100 Å². The average molecular weight is 239 g/mol. The van der Waals surface area contributed by atoms with E-state index in [1.807, 2.05) is 6.92 Å². The Hall–Kier alpha value is -1.75. The molecule has 0 radical (unpaired) electrons. The molecule has 0 unspecified atom stereocenters. The number of hydrogen-bond donors (Lipinski definition) is 2. The number of methoxy groups -OCH3 is 1. The highest BCUT2D eigenvalue weighted by Gasteiger charge is 2.13. The molecule has 0 aliphatic heterocycles. The third kappa shape index (κ3) is 3.64. The Bertz CT molecular complexity index is 392. The fourth-order valence-electron chi connectivity index (χ4n) is 1.50. The molecule has 0 saturated carbocycles. The number of carbonyl (C=O) groups is 1. The summed E-state index contributed by atoms with van der Waals surface area (Å²) in [5.41, 5.74) is 6.49. The van der Waals surface area contributed by atoms with E-state index in [0.717, 1.165) is 5.56 Å². The first-order valence-electron chi connectivity index (χ1n) is 5.36. The van der Waals surface area contributed by atoms with Gasteiger partial charge in [-0.05, 0) is 24.6 Å². The van der Waals surface area contributed by atoms with Crippen molar-refractivity contribution in [2.75, 3.05) is 13.7 Å². The molecule has 5 nitrogen and oxygen atoms in total. The molecule has 94 valence electrons. The largest absolute Gasteiger partial charge is 0.493 e. The van der Waals surface area contributed by atoms with Gasteiger partial charge in [0.1, 0.15) is 0 Å². The molecule has 3 N–H and O–H groups in total. The number of carboxylic acids is 1. The molecule has 0 heterocycles. The van der Waals surface area contributed by atoms with Crippen LogP contribution in [-0.4, -0.2) is 24.8 Å². The maximum atomic E-state index is 10.6. The van der Waals surface area contributed by atoms with E-state index in [9.17, 15) is 4.79 Å². The molecule has 0 aromatic heterocycles. The minimum Gasteiger partial charge on any atom is -0.493 e. The van der Waals surface area contributed by atoms with Crippen LogP contribution in [0, 0.1) is 0 Å². The first-order chi connectivity index (χ1) is 8.08. The molecule has 0 spiro atoms. The van der Waals surface area contributed by atoms with Crippen LogP contribution in [0.5, 0.6) is 11.5 Å². The average Bonchev–Trinajstić information content (AvgIpc) is 2.28. The van der Waals surface area contributed by atoms with Gasteiger partial charge < -0.3 is 20.3 Å². The third-order valence-corrected chi connectivity index (χ3v) is 2.31. The van der Waals surface area contributed by atoms with Crippen molar-refractivity contribution in [2.45, 2.75) is 19.4 Å². The Kier molecular flexibility index (Phi) is 4.78. The second-order valence-corrected chi connectivity index (χ2v) is 3.55. The van der Waals surface area contributed by atoms with Crippen LogP contribution in [0.4, 0.5) is 0 Å². The van der Waals surface area contributed by atoms with E-state index in [1.165, 1.54) is 0 Å². The second kappa shape index (κ2) is 6.10. The second-order valence-electron chi connectivity index (χ2n) is 3.55. The summed E-state index contributed by atoms with van der Waals surface area (Å²) in [5.74, 6) is 0.262. The fraction of sp³-hybridized carbons (Fsp3) is 0.417. The van der Waals surface area contributed by atoms with E-state index >= 15 is 0 Å². The van der Waals surface area contributed by atoms with Crippen molar-refractivity contribution in [3.63, 3.8) is 0 Å². The van der Waals surface area contributed by atoms with Crippen LogP contribution >= 0.6 is 0 Å². The predicted octanol–water partition coefficient (Wildman–Crippen LogP) is 1.57. The molecular formula is C12H17NO4. The molecule has 1 rings (SSSR count). The van der Waals surface area contributed by atoms with Gasteiger partial charge in [-0.25, -0.2) is 0 Å². The number of rotatable bonds is 6. The Morgan fingerprint density at radius 2 is 2.18 bits per heavy atom. The minimum atomic E-state index is -0.925. The summed E-state index contributed by atoms with van der Waals surface area (Å²) in [6.45, 7) is 2.37. The third-order valence-electron chi connectivity index (χ3n) is 2.31. The molecule has 0 amide bonds. The lowest BCUT2D eigenvalue weighted by Crippen LogP contribution is -2.15. The van der Waals surface area contributed by atoms with E-state index in [0.29, 0.717) is 18.1 Å². The van der Waals surface area contributed by atoms with Crippen LogP contribution < -0.4 is 15.2 Å². The van der Waals surface area contributed by atoms with Gasteiger partial charge in [0.25, 0.3) is 0 Å². The Balaban J connectivity index is 2.94. The number of hydrogen-bond acceptors (Lipinski definition) is 4. The quantitative estimate of drug-likeness (QED) is 0.787. The van der Waals surface area contributed by atoms with Gasteiger partial charge in [-0.2, -0.15) is 0 Å². The summed E-state index contributed by atoms with van der Waals surface area (Å²) in [6.07, 6.45) is -0.113. The minimum absolute atomic E-state index is 0.113. The van der Waals surface area contributed by atoms with Crippen molar-refractivity contribution < 1.29 is 19.4 Å². The zero-order valence-corrected chi connectivity index (χ0v) is 9.97. The SMILES string of the molecule is CCOc1cc([C@@H](N)CC(=O)O)ccc1OC. The summed E-state index contributed by atoms with van der Waals surface area (Å²) < 4.78 is 10.5. The van der Waals surface area contributed by atoms with Crippen molar-refractivity contribution in [3.05, 3.63) is 23.8 Å². The number of benzene rings is 1. The number of ether oxygens (including phenoxy) is 2. The molecule has 1 atom stereocenters. The van der Waals surface area contributed by atoms with E-state index < -0.39 is 12.0 Å². The highest BCUT2D eigenvalue weighted by atomic mass is 16.5. The van der Waals surface area contributed by atoms with Gasteiger partial charge in [0.15, 0.2) is 11.5 Å². The van der Waals surface area contributed by atoms with Gasteiger partial charge in [0, 0.05) is 6.04 Å². The number of aliphatic carboxylic acids is 1. The van der Waals surface area contributed by atoms with Gasteiger partial charge in [-0.1, -0.05) is 6.07 Å². The molecule has 1 aromatic rings. The Morgan fingerprint density at radius 1 is 1.47 bits per heavy atom. The summed E-state index contributed by atoms with van der Waals surface area (Å²) in [7, 11) is 1.55. The maximum absolute atomic E-state index is 10.6. The van der Waals surface area contributed by atoms with Crippen molar-refractivity contribution in [3.8, 4) is 11.5 Å². The zero-order valence-electron chi connectivity index (χ0n) is 9.97. The van der Waals surface area contributed by atoms with Gasteiger partial charge in [0.2, 0.25) is 0 Å². The van der Waals surface area contributed by atoms with Crippen molar-refractivity contribution in [2.24, 2.45) is 5.73 Å². The zero-order chi connectivity index (χ0) is 12.8. The molecule has 17 heavy (non-hydrogen) atoms. The highest BCUT2D eigenvalue weighted by Crippen LogP contribution is 2.30. The first-order valence-corrected chi connectivity index (χ1v) is 5.36. The fourth-order valence-corrected chi connectivity index (χ4v) is 1.50. The monoisotopic (exact) mass is 239 g/mol. The maximum Gasteiger partial charge on any atom is 0.305 e. The van der Waals surface area contributed by atoms with Crippen LogP contribution in [0.3, 0.4) is 0 Å². The molecular weight excluding hydrogens is 222 g/mol. The van der Waals surface area contributed by atoms with Gasteiger partial charge >= 0.3 is 5.97 Å². The molecule has 0 bridgehead atoms. The van der Waals surface area contributed by atoms with Gasteiger partial charge in [-0.15, -0.1) is 0 Å². The standard InChI is InChI=1S/C12H17NO4/c1-3-17-11-6-8(4-5-10(11)16-2)9(13)7-12(14)15/h4-6,9H,3,7,13H2,1-2H3,(H,14,15)/t9-/m0/s1. The van der Waals surface area contributed by atoms with Crippen LogP contribution in [0.2, 0.25) is 0 Å². The Morgan fingerprint density at radius 3 is 2.71 bits per heavy atom. The smallest absolute Gasteiger partial charge is 0.305 e. The van der Waals surface area contributed by atoms with E-state index in [2.05, 4.69) is 0 Å². The summed E-state index contributed by atoms with van der Waals surface area (Å²) in [4.78, 5) is 10.6. The van der Waals surface area contributed by atoms with Crippen molar-refractivity contribution in [1.82, 2.24) is 0 Å². The first kappa shape index (κ1) is 13.3. The van der Waals surface area contributed by atoms with Gasteiger partial charge in [-0.3, -0.25) is 4.79 Å². The van der Waals surface area contributed by atoms with Crippen LogP contribution in [0.15, 0.2) is 18.2 Å². The van der Waals surface area contributed by atoms with Gasteiger partial charge in [0.05, 0.1) is 20.1 Å². The lowest BCUT2D eigenvalue weighted by molar-refractivity contribution is -0.137. The van der Waals surface area contributed by atoms with E-state index in [-0.39, 0.29) is 6.42 Å². The molecule has 0 aliphatic carbocycles. The molecule has 0 saturated heterocycles. The molecule has 0 fully saturated rings. The van der Waals surface area contributed by atoms with E-state index in [4.69, 9.17) is 20.3 Å². The summed E-state index contributed by atoms with van der Waals surface area (Å²) in [6, 6.07) is 4.64. The number of carboxylic acid groups (broad SMARTS) is 1. The number of nitrogens with two attached hydrogens (primary N) is 1.